The van der Waals surface area contributed by atoms with E-state index in [1.54, 1.807) is 0 Å². The summed E-state index contributed by atoms with van der Waals surface area (Å²) in [5.41, 5.74) is 0. The van der Waals surface area contributed by atoms with Gasteiger partial charge >= 0.3 is 12.1 Å². The number of fused-ring (bicyclic) bond motifs is 2. The maximum absolute atomic E-state index is 11.2. The van der Waals surface area contributed by atoms with Gasteiger partial charge < -0.3 is 14.9 Å². The first-order valence-corrected chi connectivity index (χ1v) is 5.97. The average molecular weight is 241 g/mol. The monoisotopic (exact) mass is 241 g/mol. The summed E-state index contributed by atoms with van der Waals surface area (Å²) in [6.07, 6.45) is 2.46. The largest absolute Gasteiger partial charge is 0.480 e. The van der Waals surface area contributed by atoms with E-state index in [1.807, 2.05) is 0 Å². The van der Waals surface area contributed by atoms with Crippen LogP contribution in [-0.2, 0) is 9.53 Å². The summed E-state index contributed by atoms with van der Waals surface area (Å²) in [5, 5.41) is 18.2. The molecule has 0 spiro atoms. The number of aliphatic carboxylic acids is 1. The highest BCUT2D eigenvalue weighted by Crippen LogP contribution is 2.46. The summed E-state index contributed by atoms with van der Waals surface area (Å²) < 4.78 is 5.78. The van der Waals surface area contributed by atoms with Crippen molar-refractivity contribution in [1.29, 1.82) is 0 Å². The van der Waals surface area contributed by atoms with Crippen molar-refractivity contribution in [2.75, 3.05) is 0 Å². The molecule has 2 bridgehead atoms. The van der Waals surface area contributed by atoms with Gasteiger partial charge in [-0.2, -0.15) is 0 Å². The van der Waals surface area contributed by atoms with Crippen LogP contribution in [0.1, 0.15) is 25.7 Å². The number of piperidine rings is 1. The lowest BCUT2D eigenvalue weighted by Crippen LogP contribution is -2.52. The quantitative estimate of drug-likeness (QED) is 0.761. The molecule has 2 saturated carbocycles. The molecule has 94 valence electrons. The Morgan fingerprint density at radius 1 is 1.18 bits per heavy atom. The standard InChI is InChI=1S/C11H15NO5/c13-10(14)9-7-3-5(12(9)11(15)16)4-8(7)17-6-1-2-6/h5-9H,1-4H2,(H,13,14)(H,15,16)/t5?,7?,8-,9?/m0/s1. The highest BCUT2D eigenvalue weighted by atomic mass is 16.5. The van der Waals surface area contributed by atoms with E-state index in [0.29, 0.717) is 12.8 Å². The van der Waals surface area contributed by atoms with Gasteiger partial charge in [-0.25, -0.2) is 9.59 Å². The van der Waals surface area contributed by atoms with Crippen molar-refractivity contribution in [2.24, 2.45) is 5.92 Å². The van der Waals surface area contributed by atoms with Gasteiger partial charge in [-0.15, -0.1) is 0 Å². The predicted molar refractivity (Wildman–Crippen MR) is 55.7 cm³/mol. The van der Waals surface area contributed by atoms with Gasteiger partial charge in [-0.1, -0.05) is 0 Å². The Morgan fingerprint density at radius 2 is 1.88 bits per heavy atom. The van der Waals surface area contributed by atoms with E-state index in [2.05, 4.69) is 0 Å². The third-order valence-electron chi connectivity index (χ3n) is 3.99. The van der Waals surface area contributed by atoms with Gasteiger partial charge in [0.05, 0.1) is 12.2 Å². The van der Waals surface area contributed by atoms with Crippen LogP contribution in [-0.4, -0.2) is 51.5 Å². The fourth-order valence-electron chi connectivity index (χ4n) is 3.18. The van der Waals surface area contributed by atoms with Crippen LogP contribution in [0.4, 0.5) is 4.79 Å². The molecule has 4 atom stereocenters. The maximum atomic E-state index is 11.2. The number of likely N-dealkylation sites (tertiary alicyclic amines) is 1. The molecule has 0 aromatic carbocycles. The lowest BCUT2D eigenvalue weighted by Gasteiger charge is -2.34. The van der Waals surface area contributed by atoms with Gasteiger partial charge in [0.15, 0.2) is 0 Å². The normalized spacial score (nSPS) is 39.6. The van der Waals surface area contributed by atoms with E-state index < -0.39 is 18.1 Å². The number of carboxylic acid groups (broad SMARTS) is 2. The molecule has 1 heterocycles. The van der Waals surface area contributed by atoms with Gasteiger partial charge in [-0.05, 0) is 25.7 Å². The summed E-state index contributed by atoms with van der Waals surface area (Å²) in [5.74, 6) is -1.22. The van der Waals surface area contributed by atoms with Gasteiger partial charge in [0.25, 0.3) is 0 Å². The lowest BCUT2D eigenvalue weighted by atomic mass is 9.96. The fraction of sp³-hybridized carbons (Fsp3) is 0.818. The number of carboxylic acids is 1. The highest BCUT2D eigenvalue weighted by molar-refractivity contribution is 5.81. The Morgan fingerprint density at radius 3 is 2.41 bits per heavy atom. The molecule has 2 N–H and O–H groups in total. The van der Waals surface area contributed by atoms with Crippen molar-refractivity contribution in [1.82, 2.24) is 4.90 Å². The van der Waals surface area contributed by atoms with Gasteiger partial charge in [0.1, 0.15) is 6.04 Å². The minimum absolute atomic E-state index is 0.0656. The second-order valence-corrected chi connectivity index (χ2v) is 5.14. The molecule has 3 fully saturated rings. The Bertz CT molecular complexity index is 367. The minimum atomic E-state index is -1.13. The van der Waals surface area contributed by atoms with Crippen LogP contribution < -0.4 is 0 Å². The summed E-state index contributed by atoms with van der Waals surface area (Å²) in [6, 6.07) is -1.10. The number of nitrogens with zero attached hydrogens (tertiary/aromatic N) is 1. The third kappa shape index (κ3) is 1.67. The smallest absolute Gasteiger partial charge is 0.408 e. The van der Waals surface area contributed by atoms with E-state index >= 15 is 0 Å². The third-order valence-corrected chi connectivity index (χ3v) is 3.99. The summed E-state index contributed by atoms with van der Waals surface area (Å²) in [7, 11) is 0. The first-order valence-electron chi connectivity index (χ1n) is 5.97. The molecular formula is C11H15NO5. The Labute approximate surface area is 98.2 Å². The van der Waals surface area contributed by atoms with E-state index in [0.717, 1.165) is 17.7 Å². The van der Waals surface area contributed by atoms with Crippen LogP contribution in [0, 0.1) is 5.92 Å². The number of ether oxygens (including phenoxy) is 1. The summed E-state index contributed by atoms with van der Waals surface area (Å²) in [4.78, 5) is 23.4. The molecule has 17 heavy (non-hydrogen) atoms. The van der Waals surface area contributed by atoms with E-state index in [9.17, 15) is 9.59 Å². The zero-order chi connectivity index (χ0) is 12.2. The average Bonchev–Trinajstić information content (AvgIpc) is 2.86. The van der Waals surface area contributed by atoms with Crippen molar-refractivity contribution < 1.29 is 24.5 Å². The van der Waals surface area contributed by atoms with Crippen molar-refractivity contribution in [3.8, 4) is 0 Å². The Balaban J connectivity index is 1.78. The van der Waals surface area contributed by atoms with Crippen LogP contribution in [0.5, 0.6) is 0 Å². The van der Waals surface area contributed by atoms with Crippen molar-refractivity contribution in [3.05, 3.63) is 0 Å². The number of hydrogen-bond acceptors (Lipinski definition) is 3. The van der Waals surface area contributed by atoms with Crippen LogP contribution in [0.2, 0.25) is 0 Å². The van der Waals surface area contributed by atoms with Crippen LogP contribution in [0.25, 0.3) is 0 Å². The van der Waals surface area contributed by atoms with Crippen molar-refractivity contribution in [2.45, 2.75) is 50.0 Å². The molecule has 1 saturated heterocycles. The van der Waals surface area contributed by atoms with Gasteiger partial charge in [0.2, 0.25) is 0 Å². The fourth-order valence-corrected chi connectivity index (χ4v) is 3.18. The SMILES string of the molecule is O=C(O)C1C2CC(C[C@@H]2OC2CC2)N1C(=O)O. The summed E-state index contributed by atoms with van der Waals surface area (Å²) in [6.45, 7) is 0. The summed E-state index contributed by atoms with van der Waals surface area (Å²) >= 11 is 0. The molecule has 3 unspecified atom stereocenters. The maximum Gasteiger partial charge on any atom is 0.408 e. The molecule has 0 aromatic heterocycles. The van der Waals surface area contributed by atoms with Gasteiger partial charge in [-0.3, -0.25) is 4.90 Å². The number of amides is 1. The highest BCUT2D eigenvalue weighted by Gasteiger charge is 2.57. The van der Waals surface area contributed by atoms with E-state index in [1.165, 1.54) is 0 Å². The second-order valence-electron chi connectivity index (χ2n) is 5.14. The molecule has 1 amide bonds. The predicted octanol–water partition coefficient (Wildman–Crippen LogP) is 0.759. The molecule has 2 aliphatic carbocycles. The van der Waals surface area contributed by atoms with E-state index in [-0.39, 0.29) is 24.2 Å². The Hall–Kier alpha value is -1.30. The van der Waals surface area contributed by atoms with Crippen LogP contribution in [0.3, 0.4) is 0 Å². The molecular weight excluding hydrogens is 226 g/mol. The zero-order valence-electron chi connectivity index (χ0n) is 9.28. The number of carbonyl (C=O) groups is 2. The second kappa shape index (κ2) is 3.60. The van der Waals surface area contributed by atoms with Gasteiger partial charge in [0, 0.05) is 12.0 Å². The molecule has 3 aliphatic rings. The molecule has 3 rings (SSSR count). The topological polar surface area (TPSA) is 87.1 Å². The Kier molecular flexibility index (Phi) is 2.29. The van der Waals surface area contributed by atoms with Crippen LogP contribution in [0.15, 0.2) is 0 Å². The minimum Gasteiger partial charge on any atom is -0.480 e. The molecule has 0 aromatic rings. The number of rotatable bonds is 3. The first-order chi connectivity index (χ1) is 8.08. The van der Waals surface area contributed by atoms with Crippen molar-refractivity contribution in [3.63, 3.8) is 0 Å². The van der Waals surface area contributed by atoms with Crippen molar-refractivity contribution >= 4 is 12.1 Å². The number of hydrogen-bond donors (Lipinski definition) is 2. The van der Waals surface area contributed by atoms with E-state index in [4.69, 9.17) is 14.9 Å². The molecule has 0 radical (unpaired) electrons. The lowest BCUT2D eigenvalue weighted by molar-refractivity contribution is -0.147. The molecule has 1 aliphatic heterocycles. The molecule has 6 heteroatoms. The molecule has 6 nitrogen and oxygen atoms in total. The van der Waals surface area contributed by atoms with Crippen LogP contribution >= 0.6 is 0 Å². The first kappa shape index (κ1) is 10.8. The zero-order valence-corrected chi connectivity index (χ0v) is 9.28.